The molecule has 8 heteroatoms. The van der Waals surface area contributed by atoms with E-state index in [1.54, 1.807) is 19.3 Å². The van der Waals surface area contributed by atoms with Crippen LogP contribution in [0.1, 0.15) is 31.4 Å². The van der Waals surface area contributed by atoms with E-state index in [1.165, 1.54) is 17.8 Å². The second-order valence-electron chi connectivity index (χ2n) is 7.00. The van der Waals surface area contributed by atoms with Crippen molar-refractivity contribution in [2.24, 2.45) is 5.92 Å². The maximum absolute atomic E-state index is 13.7. The number of aromatic nitrogens is 1. The molecular formula is C20H23Cl2FN4O. The first kappa shape index (κ1) is 20.7. The van der Waals surface area contributed by atoms with Crippen molar-refractivity contribution in [1.29, 1.82) is 0 Å². The van der Waals surface area contributed by atoms with E-state index in [9.17, 15) is 9.18 Å². The summed E-state index contributed by atoms with van der Waals surface area (Å²) < 4.78 is 13.7. The molecule has 2 N–H and O–H groups in total. The highest BCUT2D eigenvalue weighted by Gasteiger charge is 2.21. The predicted octanol–water partition coefficient (Wildman–Crippen LogP) is 4.80. The Morgan fingerprint density at radius 2 is 1.93 bits per heavy atom. The molecule has 2 heterocycles. The molecule has 0 spiro atoms. The third kappa shape index (κ3) is 5.26. The standard InChI is InChI=1S/C20H23Cl2FN4O/c1-13(16-10-19(23)18(22)11-17(16)21)26-20(28)25-12-14-4-8-27(9-5-14)15-2-6-24-7-3-15/h2-3,6-7,10-11,13-14H,4-5,8-9,12H2,1H3,(H2,25,26,28). The van der Waals surface area contributed by atoms with Crippen molar-refractivity contribution in [2.75, 3.05) is 24.5 Å². The summed E-state index contributed by atoms with van der Waals surface area (Å²) in [5, 5.41) is 5.99. The molecule has 0 aliphatic carbocycles. The number of amides is 2. The zero-order chi connectivity index (χ0) is 20.1. The lowest BCUT2D eigenvalue weighted by Gasteiger charge is -2.33. The van der Waals surface area contributed by atoms with Gasteiger partial charge in [-0.25, -0.2) is 9.18 Å². The van der Waals surface area contributed by atoms with Gasteiger partial charge in [-0.05, 0) is 55.5 Å². The van der Waals surface area contributed by atoms with E-state index in [1.807, 2.05) is 12.1 Å². The highest BCUT2D eigenvalue weighted by atomic mass is 35.5. The van der Waals surface area contributed by atoms with Gasteiger partial charge >= 0.3 is 6.03 Å². The zero-order valence-electron chi connectivity index (χ0n) is 15.6. The molecule has 0 radical (unpaired) electrons. The lowest BCUT2D eigenvalue weighted by Crippen LogP contribution is -2.42. The van der Waals surface area contributed by atoms with Crippen LogP contribution in [0.2, 0.25) is 10.0 Å². The molecule has 5 nitrogen and oxygen atoms in total. The van der Waals surface area contributed by atoms with E-state index in [2.05, 4.69) is 20.5 Å². The maximum Gasteiger partial charge on any atom is 0.315 e. The fourth-order valence-corrected chi connectivity index (χ4v) is 3.93. The Kier molecular flexibility index (Phi) is 6.97. The number of rotatable bonds is 5. The molecule has 150 valence electrons. The maximum atomic E-state index is 13.7. The number of carbonyl (C=O) groups excluding carboxylic acids is 1. The van der Waals surface area contributed by atoms with Gasteiger partial charge in [0.2, 0.25) is 0 Å². The van der Waals surface area contributed by atoms with Crippen molar-refractivity contribution in [3.8, 4) is 0 Å². The van der Waals surface area contributed by atoms with Crippen LogP contribution in [-0.2, 0) is 0 Å². The first-order valence-electron chi connectivity index (χ1n) is 9.28. The van der Waals surface area contributed by atoms with Crippen molar-refractivity contribution in [2.45, 2.75) is 25.8 Å². The Hall–Kier alpha value is -2.05. The van der Waals surface area contributed by atoms with Gasteiger partial charge in [-0.15, -0.1) is 0 Å². The van der Waals surface area contributed by atoms with Gasteiger partial charge in [-0.2, -0.15) is 0 Å². The van der Waals surface area contributed by atoms with E-state index in [-0.39, 0.29) is 11.1 Å². The fourth-order valence-electron chi connectivity index (χ4n) is 3.38. The van der Waals surface area contributed by atoms with Gasteiger partial charge in [0.1, 0.15) is 5.82 Å². The molecule has 1 aromatic heterocycles. The van der Waals surface area contributed by atoms with Crippen LogP contribution in [0.15, 0.2) is 36.7 Å². The lowest BCUT2D eigenvalue weighted by atomic mass is 9.96. The minimum Gasteiger partial charge on any atom is -0.371 e. The molecule has 1 saturated heterocycles. The summed E-state index contributed by atoms with van der Waals surface area (Å²) in [6, 6.07) is 5.89. The fraction of sp³-hybridized carbons (Fsp3) is 0.400. The van der Waals surface area contributed by atoms with Gasteiger partial charge < -0.3 is 15.5 Å². The average Bonchev–Trinajstić information content (AvgIpc) is 2.70. The largest absolute Gasteiger partial charge is 0.371 e. The number of hydrogen-bond donors (Lipinski definition) is 2. The number of anilines is 1. The van der Waals surface area contributed by atoms with Crippen LogP contribution in [0.4, 0.5) is 14.9 Å². The Bertz CT molecular complexity index is 813. The van der Waals surface area contributed by atoms with Gasteiger partial charge in [-0.1, -0.05) is 23.2 Å². The van der Waals surface area contributed by atoms with E-state index < -0.39 is 11.9 Å². The number of carbonyl (C=O) groups is 1. The van der Waals surface area contributed by atoms with Crippen LogP contribution in [0, 0.1) is 11.7 Å². The number of hydrogen-bond acceptors (Lipinski definition) is 3. The van der Waals surface area contributed by atoms with Crippen molar-refractivity contribution in [3.05, 3.63) is 58.1 Å². The lowest BCUT2D eigenvalue weighted by molar-refractivity contribution is 0.234. The summed E-state index contributed by atoms with van der Waals surface area (Å²) >= 11 is 11.8. The molecule has 3 rings (SSSR count). The molecule has 0 saturated carbocycles. The molecule has 1 aliphatic rings. The number of nitrogens with one attached hydrogen (secondary N) is 2. The molecule has 2 aromatic rings. The Labute approximate surface area is 174 Å². The van der Waals surface area contributed by atoms with E-state index in [0.29, 0.717) is 23.0 Å². The van der Waals surface area contributed by atoms with E-state index in [4.69, 9.17) is 23.2 Å². The van der Waals surface area contributed by atoms with Gasteiger partial charge in [0, 0.05) is 42.7 Å². The average molecular weight is 425 g/mol. The number of pyridine rings is 1. The van der Waals surface area contributed by atoms with Crippen LogP contribution in [0.5, 0.6) is 0 Å². The smallest absolute Gasteiger partial charge is 0.315 e. The highest BCUT2D eigenvalue weighted by Crippen LogP contribution is 2.28. The third-order valence-electron chi connectivity index (χ3n) is 5.05. The van der Waals surface area contributed by atoms with Gasteiger partial charge in [-0.3, -0.25) is 4.98 Å². The Balaban J connectivity index is 1.44. The zero-order valence-corrected chi connectivity index (χ0v) is 17.1. The molecular weight excluding hydrogens is 402 g/mol. The minimum atomic E-state index is -0.559. The second kappa shape index (κ2) is 9.43. The molecule has 0 bridgehead atoms. The van der Waals surface area contributed by atoms with Crippen LogP contribution in [0.3, 0.4) is 0 Å². The van der Waals surface area contributed by atoms with Crippen LogP contribution >= 0.6 is 23.2 Å². The summed E-state index contributed by atoms with van der Waals surface area (Å²) in [5.41, 5.74) is 1.67. The summed E-state index contributed by atoms with van der Waals surface area (Å²) in [5.74, 6) is -0.133. The van der Waals surface area contributed by atoms with Gasteiger partial charge in [0.05, 0.1) is 11.1 Å². The first-order chi connectivity index (χ1) is 13.4. The molecule has 1 fully saturated rings. The topological polar surface area (TPSA) is 57.3 Å². The highest BCUT2D eigenvalue weighted by molar-refractivity contribution is 6.35. The quantitative estimate of drug-likeness (QED) is 0.677. The number of piperidine rings is 1. The molecule has 2 amide bonds. The van der Waals surface area contributed by atoms with Crippen LogP contribution < -0.4 is 15.5 Å². The Morgan fingerprint density at radius 3 is 2.61 bits per heavy atom. The summed E-state index contributed by atoms with van der Waals surface area (Å²) in [6.07, 6.45) is 5.61. The number of halogens is 3. The van der Waals surface area contributed by atoms with Crippen LogP contribution in [0.25, 0.3) is 0 Å². The van der Waals surface area contributed by atoms with Gasteiger partial charge in [0.25, 0.3) is 0 Å². The normalized spacial score (nSPS) is 15.9. The van der Waals surface area contributed by atoms with E-state index in [0.717, 1.165) is 25.9 Å². The Morgan fingerprint density at radius 1 is 1.25 bits per heavy atom. The molecule has 1 aliphatic heterocycles. The second-order valence-corrected chi connectivity index (χ2v) is 7.81. The van der Waals surface area contributed by atoms with Crippen molar-refractivity contribution >= 4 is 34.9 Å². The monoisotopic (exact) mass is 424 g/mol. The minimum absolute atomic E-state index is 0.0384. The predicted molar refractivity (Wildman–Crippen MR) is 111 cm³/mol. The van der Waals surface area contributed by atoms with E-state index >= 15 is 0 Å². The number of benzene rings is 1. The molecule has 1 unspecified atom stereocenters. The summed E-state index contributed by atoms with van der Waals surface area (Å²) in [7, 11) is 0. The number of urea groups is 1. The van der Waals surface area contributed by atoms with Gasteiger partial charge in [0.15, 0.2) is 0 Å². The summed E-state index contributed by atoms with van der Waals surface area (Å²) in [4.78, 5) is 18.6. The molecule has 28 heavy (non-hydrogen) atoms. The number of nitrogens with zero attached hydrogens (tertiary/aromatic N) is 2. The molecule has 1 aromatic carbocycles. The first-order valence-corrected chi connectivity index (χ1v) is 10.0. The SMILES string of the molecule is CC(NC(=O)NCC1CCN(c2ccncc2)CC1)c1cc(F)c(Cl)cc1Cl. The van der Waals surface area contributed by atoms with Crippen molar-refractivity contribution in [3.63, 3.8) is 0 Å². The molecule has 1 atom stereocenters. The third-order valence-corrected chi connectivity index (χ3v) is 5.66. The summed E-state index contributed by atoms with van der Waals surface area (Å²) in [6.45, 7) is 4.26. The van der Waals surface area contributed by atoms with Crippen LogP contribution in [-0.4, -0.2) is 30.6 Å². The van der Waals surface area contributed by atoms with Crippen molar-refractivity contribution < 1.29 is 9.18 Å². The van der Waals surface area contributed by atoms with Crippen molar-refractivity contribution in [1.82, 2.24) is 15.6 Å².